The molecule has 0 amide bonds. The van der Waals surface area contributed by atoms with Gasteiger partial charge in [-0.05, 0) is 149 Å². The average Bonchev–Trinajstić information content (AvgIpc) is 3.69. The van der Waals surface area contributed by atoms with Crippen LogP contribution in [0.4, 0.5) is 0 Å². The van der Waals surface area contributed by atoms with Crippen LogP contribution in [0.2, 0.25) is 0 Å². The van der Waals surface area contributed by atoms with Gasteiger partial charge in [0, 0.05) is 54.8 Å². The van der Waals surface area contributed by atoms with Crippen molar-refractivity contribution in [3.8, 4) is 0 Å². The number of nitrogens with zero attached hydrogens (tertiary/aromatic N) is 2. The molecule has 3 saturated heterocycles. The first-order valence-corrected chi connectivity index (χ1v) is 24.0. The normalized spacial score (nSPS) is 42.4. The number of esters is 2. The Labute approximate surface area is 355 Å². The number of aryl methyl sites for hydroxylation is 2. The third kappa shape index (κ3) is 4.40. The lowest BCUT2D eigenvalue weighted by molar-refractivity contribution is -0.275. The van der Waals surface area contributed by atoms with E-state index >= 15 is 4.79 Å². The van der Waals surface area contributed by atoms with Crippen molar-refractivity contribution in [1.29, 1.82) is 0 Å². The van der Waals surface area contributed by atoms with E-state index in [0.29, 0.717) is 42.3 Å². The highest BCUT2D eigenvalue weighted by Gasteiger charge is 2.92. The first-order chi connectivity index (χ1) is 29.3. The number of carbonyl (C=O) groups is 2. The Morgan fingerprint density at radius 3 is 2.75 bits per heavy atom. The van der Waals surface area contributed by atoms with Crippen molar-refractivity contribution in [3.63, 3.8) is 0 Å². The zero-order valence-corrected chi connectivity index (χ0v) is 35.6. The summed E-state index contributed by atoms with van der Waals surface area (Å²) in [5, 5.41) is 0. The molecule has 5 aliphatic carbocycles. The van der Waals surface area contributed by atoms with Gasteiger partial charge in [-0.1, -0.05) is 78.6 Å². The van der Waals surface area contributed by atoms with Gasteiger partial charge in [0.2, 0.25) is 0 Å². The van der Waals surface area contributed by atoms with Crippen molar-refractivity contribution in [2.45, 2.75) is 121 Å². The Morgan fingerprint density at radius 2 is 1.85 bits per heavy atom. The topological polar surface area (TPSA) is 85.1 Å². The van der Waals surface area contributed by atoms with Gasteiger partial charge in [0.15, 0.2) is 5.60 Å². The van der Waals surface area contributed by atoms with Gasteiger partial charge in [0.25, 0.3) is 0 Å². The fourth-order valence-corrected chi connectivity index (χ4v) is 16.8. The average molecular weight is 804 g/mol. The number of hydrogen-bond donors (Lipinski definition) is 1. The van der Waals surface area contributed by atoms with Gasteiger partial charge in [-0.2, -0.15) is 0 Å². The summed E-state index contributed by atoms with van der Waals surface area (Å²) in [6.45, 7) is 8.94. The van der Waals surface area contributed by atoms with Gasteiger partial charge >= 0.3 is 11.9 Å². The van der Waals surface area contributed by atoms with Crippen molar-refractivity contribution in [2.75, 3.05) is 26.2 Å². The predicted molar refractivity (Wildman–Crippen MR) is 230 cm³/mol. The van der Waals surface area contributed by atoms with Gasteiger partial charge in [0.05, 0.1) is 11.0 Å². The van der Waals surface area contributed by atoms with E-state index in [-0.39, 0.29) is 23.8 Å². The van der Waals surface area contributed by atoms with Crippen LogP contribution in [-0.4, -0.2) is 60.0 Å². The van der Waals surface area contributed by atoms with E-state index < -0.39 is 16.4 Å². The van der Waals surface area contributed by atoms with Crippen molar-refractivity contribution >= 4 is 11.9 Å². The largest absolute Gasteiger partial charge is 0.449 e. The summed E-state index contributed by atoms with van der Waals surface area (Å²) in [6.07, 6.45) is 18.6. The van der Waals surface area contributed by atoms with E-state index in [0.717, 1.165) is 106 Å². The van der Waals surface area contributed by atoms with E-state index in [2.05, 4.69) is 78.3 Å². The quantitative estimate of drug-likeness (QED) is 0.311. The summed E-state index contributed by atoms with van der Waals surface area (Å²) >= 11 is 0. The molecule has 0 radical (unpaired) electrons. The maximum Gasteiger partial charge on any atom is 0.339 e. The Morgan fingerprint density at radius 1 is 0.967 bits per heavy atom. The molecule has 15 bridgehead atoms. The second kappa shape index (κ2) is 12.8. The Balaban J connectivity index is 1.11. The van der Waals surface area contributed by atoms with Crippen LogP contribution in [-0.2, 0) is 39.1 Å². The Kier molecular flexibility index (Phi) is 7.84. The maximum absolute atomic E-state index is 15.9. The minimum Gasteiger partial charge on any atom is -0.449 e. The minimum absolute atomic E-state index is 0.0915. The van der Waals surface area contributed by atoms with Crippen LogP contribution < -0.4 is 5.73 Å². The zero-order chi connectivity index (χ0) is 40.3. The van der Waals surface area contributed by atoms with Crippen LogP contribution in [0.5, 0.6) is 0 Å². The van der Waals surface area contributed by atoms with Crippen LogP contribution in [0.1, 0.15) is 117 Å². The first-order valence-electron chi connectivity index (χ1n) is 24.0. The first kappa shape index (κ1) is 36.7. The number of nitrogens with two attached hydrogens (primary N) is 1. The summed E-state index contributed by atoms with van der Waals surface area (Å²) in [5.41, 5.74) is 16.5. The van der Waals surface area contributed by atoms with Crippen LogP contribution in [0.25, 0.3) is 0 Å². The monoisotopic (exact) mass is 803 g/mol. The van der Waals surface area contributed by atoms with Gasteiger partial charge in [-0.25, -0.2) is 4.79 Å². The fraction of sp³-hybridized carbons (Fsp3) is 0.585. The molecule has 2 aromatic rings. The lowest BCUT2D eigenvalue weighted by Crippen LogP contribution is -2.77. The molecule has 0 aromatic heterocycles. The summed E-state index contributed by atoms with van der Waals surface area (Å²) in [7, 11) is 0. The van der Waals surface area contributed by atoms with Crippen molar-refractivity contribution in [1.82, 2.24) is 9.80 Å². The molecule has 1 unspecified atom stereocenters. The highest BCUT2D eigenvalue weighted by atomic mass is 16.6. The SMILES string of the molecule is C[C@@H]1C/C=C2\OC(=O)[C@@]34C5=C6CC[C@@]23[C@]2(OC(=O)c3c(CCCN)cccc32)[C@H]4CCCCc2cccc(c2)CC(=C5)[C@H]2[C@H]6C3=C(CC[C@H]4[C@H]5C[C@H](CN1C5)CN34)C[C@@H]2C. The fourth-order valence-electron chi connectivity index (χ4n) is 16.8. The predicted octanol–water partition coefficient (Wildman–Crippen LogP) is 8.72. The molecule has 312 valence electrons. The van der Waals surface area contributed by atoms with Crippen LogP contribution in [0.3, 0.4) is 0 Å². The van der Waals surface area contributed by atoms with Crippen molar-refractivity contribution < 1.29 is 19.1 Å². The van der Waals surface area contributed by atoms with Gasteiger partial charge in [0.1, 0.15) is 11.2 Å². The molecule has 60 heavy (non-hydrogen) atoms. The second-order valence-corrected chi connectivity index (χ2v) is 21.3. The summed E-state index contributed by atoms with van der Waals surface area (Å²) in [5.74, 6) is 2.74. The molecule has 3 spiro atoms. The van der Waals surface area contributed by atoms with E-state index in [4.69, 9.17) is 15.2 Å². The van der Waals surface area contributed by atoms with Crippen molar-refractivity contribution in [2.24, 2.45) is 52.1 Å². The molecule has 1 saturated carbocycles. The summed E-state index contributed by atoms with van der Waals surface area (Å²) < 4.78 is 14.2. The molecule has 16 rings (SSSR count). The van der Waals surface area contributed by atoms with Gasteiger partial charge < -0.3 is 20.1 Å². The van der Waals surface area contributed by atoms with Crippen LogP contribution in [0.15, 0.2) is 88.4 Å². The standard InChI is InChI=1S/C53H61N3O4/c1-30-22-36-16-17-42-38-25-34-27-55(29-38)31(2)15-18-44-51-20-19-39-41-26-37(45(30)47(39)48(36)56(42)28-34)24-33-10-5-9-32(23-33)8-3-4-14-43(52(41,51)50(58)59-44)53(51)40-13-6-11-35(12-7-21-54)46(40)49(57)60-53/h5-6,9-11,13,18,23,26,30-31,34,38,42-43,45,47H,3-4,7-8,12,14-17,19-22,24-25,27-29,54H2,1-2H3/b44-18-/t30-,31+,34+,38-,42-,43-,45-,47-,51+,52-,53+/m0/s1. The Hall–Kier alpha value is -3.94. The molecule has 7 nitrogen and oxygen atoms in total. The third-order valence-corrected chi connectivity index (χ3v) is 18.7. The van der Waals surface area contributed by atoms with Gasteiger partial charge in [-0.15, -0.1) is 0 Å². The molecule has 4 fully saturated rings. The molecular weight excluding hydrogens is 743 g/mol. The molecule has 7 heteroatoms. The van der Waals surface area contributed by atoms with E-state index in [1.165, 1.54) is 53.5 Å². The van der Waals surface area contributed by atoms with E-state index in [1.807, 2.05) is 0 Å². The van der Waals surface area contributed by atoms with Gasteiger partial charge in [-0.3, -0.25) is 9.69 Å². The highest BCUT2D eigenvalue weighted by Crippen LogP contribution is 2.87. The third-order valence-electron chi connectivity index (χ3n) is 18.7. The lowest BCUT2D eigenvalue weighted by Gasteiger charge is -2.71. The molecule has 12 atom stereocenters. The number of hydrogen-bond acceptors (Lipinski definition) is 7. The zero-order valence-electron chi connectivity index (χ0n) is 35.6. The van der Waals surface area contributed by atoms with Crippen LogP contribution >= 0.6 is 0 Å². The number of benzene rings is 2. The Bertz CT molecular complexity index is 2390. The maximum atomic E-state index is 15.9. The second-order valence-electron chi connectivity index (χ2n) is 21.3. The van der Waals surface area contributed by atoms with Crippen LogP contribution in [0, 0.1) is 46.3 Å². The molecule has 2 N–H and O–H groups in total. The number of ether oxygens (including phenoxy) is 2. The molecule has 14 aliphatic rings. The minimum atomic E-state index is -0.990. The molecule has 2 aromatic carbocycles. The number of carbonyl (C=O) groups excluding carboxylic acids is 2. The summed E-state index contributed by atoms with van der Waals surface area (Å²) in [4.78, 5) is 36.4. The van der Waals surface area contributed by atoms with Crippen molar-refractivity contribution in [3.05, 3.63) is 116 Å². The number of rotatable bonds is 3. The van der Waals surface area contributed by atoms with E-state index in [9.17, 15) is 4.79 Å². The number of fused-ring (bicyclic) bond motifs is 6. The smallest absolute Gasteiger partial charge is 0.339 e. The molecule has 9 aliphatic heterocycles. The summed E-state index contributed by atoms with van der Waals surface area (Å²) in [6, 6.07) is 16.7. The molecular formula is C53H61N3O4. The highest BCUT2D eigenvalue weighted by molar-refractivity contribution is 6.00. The number of allylic oxidation sites excluding steroid dienone is 4. The molecule has 9 heterocycles. The lowest BCUT2D eigenvalue weighted by atomic mass is 9.29. The number of piperidine rings is 2. The van der Waals surface area contributed by atoms with E-state index in [1.54, 1.807) is 11.3 Å².